The van der Waals surface area contributed by atoms with Crippen molar-refractivity contribution in [1.29, 1.82) is 0 Å². The van der Waals surface area contributed by atoms with Crippen molar-refractivity contribution in [3.05, 3.63) is 29.6 Å². The minimum absolute atomic E-state index is 0.0805. The molecule has 6 heteroatoms. The molecule has 4 rings (SSSR count). The lowest BCUT2D eigenvalue weighted by atomic mass is 10.0. The first-order valence-corrected chi connectivity index (χ1v) is 8.46. The molecule has 2 saturated carbocycles. The van der Waals surface area contributed by atoms with Crippen LogP contribution in [0.2, 0.25) is 0 Å². The van der Waals surface area contributed by atoms with Crippen LogP contribution < -0.4 is 5.32 Å². The van der Waals surface area contributed by atoms with Crippen LogP contribution in [0.5, 0.6) is 0 Å². The van der Waals surface area contributed by atoms with Crippen molar-refractivity contribution in [2.24, 2.45) is 5.41 Å². The van der Waals surface area contributed by atoms with E-state index < -0.39 is 11.4 Å². The van der Waals surface area contributed by atoms with Crippen molar-refractivity contribution in [2.75, 3.05) is 0 Å². The van der Waals surface area contributed by atoms with Gasteiger partial charge in [-0.15, -0.1) is 0 Å². The molecular weight excluding hydrogens is 306 g/mol. The smallest absolute Gasteiger partial charge is 0.304 e. The first-order chi connectivity index (χ1) is 11.5. The lowest BCUT2D eigenvalue weighted by Gasteiger charge is -2.13. The third kappa shape index (κ3) is 2.66. The summed E-state index contributed by atoms with van der Waals surface area (Å²) in [5.74, 6) is -0.0260. The summed E-state index contributed by atoms with van der Waals surface area (Å²) >= 11 is 0. The van der Waals surface area contributed by atoms with Gasteiger partial charge in [0.05, 0.1) is 22.9 Å². The molecule has 0 radical (unpaired) electrons. The van der Waals surface area contributed by atoms with E-state index in [0.717, 1.165) is 22.4 Å². The maximum absolute atomic E-state index is 12.3. The lowest BCUT2D eigenvalue weighted by molar-refractivity contribution is -0.142. The molecule has 0 atom stereocenters. The van der Waals surface area contributed by atoms with Crippen LogP contribution in [-0.4, -0.2) is 26.5 Å². The van der Waals surface area contributed by atoms with Crippen LogP contribution in [0.3, 0.4) is 0 Å². The summed E-state index contributed by atoms with van der Waals surface area (Å²) in [5, 5.41) is 11.8. The molecule has 0 unspecified atom stereocenters. The Morgan fingerprint density at radius 1 is 1.38 bits per heavy atom. The van der Waals surface area contributed by atoms with Crippen LogP contribution >= 0.6 is 0 Å². The summed E-state index contributed by atoms with van der Waals surface area (Å²) in [5.41, 5.74) is 2.41. The number of nitrogens with zero attached hydrogens (tertiary/aromatic N) is 2. The van der Waals surface area contributed by atoms with Crippen molar-refractivity contribution >= 4 is 22.9 Å². The Balaban J connectivity index is 1.47. The molecule has 1 aromatic carbocycles. The predicted molar refractivity (Wildman–Crippen MR) is 88.5 cm³/mol. The van der Waals surface area contributed by atoms with E-state index in [1.807, 2.05) is 19.1 Å². The highest BCUT2D eigenvalue weighted by Gasteiger charge is 2.51. The fourth-order valence-electron chi connectivity index (χ4n) is 3.46. The number of amides is 1. The summed E-state index contributed by atoms with van der Waals surface area (Å²) in [4.78, 5) is 27.8. The van der Waals surface area contributed by atoms with Gasteiger partial charge in [-0.1, -0.05) is 6.07 Å². The molecule has 0 bridgehead atoms. The quantitative estimate of drug-likeness (QED) is 0.854. The van der Waals surface area contributed by atoms with Crippen LogP contribution in [0.25, 0.3) is 11.0 Å². The maximum Gasteiger partial charge on any atom is 0.304 e. The molecule has 1 heterocycles. The number of aryl methyl sites for hydroxylation is 1. The monoisotopic (exact) mass is 327 g/mol. The highest BCUT2D eigenvalue weighted by atomic mass is 16.4. The molecule has 0 aliphatic heterocycles. The predicted octanol–water partition coefficient (Wildman–Crippen LogP) is 2.55. The summed E-state index contributed by atoms with van der Waals surface area (Å²) in [6.07, 6.45) is 3.68. The Labute approximate surface area is 139 Å². The molecule has 2 aliphatic carbocycles. The number of imidazole rings is 1. The molecule has 1 aromatic heterocycles. The number of aliphatic carboxylic acids is 1. The summed E-state index contributed by atoms with van der Waals surface area (Å²) in [6.45, 7) is 2.44. The van der Waals surface area contributed by atoms with Crippen LogP contribution in [0.4, 0.5) is 0 Å². The van der Waals surface area contributed by atoms with Gasteiger partial charge in [0.1, 0.15) is 5.82 Å². The summed E-state index contributed by atoms with van der Waals surface area (Å²) < 4.78 is 2.30. The van der Waals surface area contributed by atoms with Gasteiger partial charge in [0, 0.05) is 12.6 Å². The largest absolute Gasteiger partial charge is 0.481 e. The van der Waals surface area contributed by atoms with Crippen LogP contribution in [0.15, 0.2) is 18.2 Å². The average Bonchev–Trinajstić information content (AvgIpc) is 3.44. The number of rotatable bonds is 6. The topological polar surface area (TPSA) is 84.2 Å². The van der Waals surface area contributed by atoms with Crippen molar-refractivity contribution < 1.29 is 14.7 Å². The van der Waals surface area contributed by atoms with Crippen molar-refractivity contribution in [1.82, 2.24) is 14.9 Å². The number of fused-ring (bicyclic) bond motifs is 1. The van der Waals surface area contributed by atoms with Crippen molar-refractivity contribution in [3.8, 4) is 0 Å². The Kier molecular flexibility index (Phi) is 3.37. The first kappa shape index (κ1) is 15.2. The van der Waals surface area contributed by atoms with E-state index >= 15 is 0 Å². The second-order valence-electron chi connectivity index (χ2n) is 7.12. The SMILES string of the molecule is Cc1nc2cc(CNC(=O)C3(CC(=O)O)CC3)ccc2n1C1CC1. The Morgan fingerprint density at radius 3 is 2.75 bits per heavy atom. The zero-order chi connectivity index (χ0) is 16.9. The number of aromatic nitrogens is 2. The van der Waals surface area contributed by atoms with E-state index in [1.165, 1.54) is 12.8 Å². The summed E-state index contributed by atoms with van der Waals surface area (Å²) in [6, 6.07) is 6.68. The normalized spacial score (nSPS) is 18.5. The number of benzene rings is 1. The van der Waals surface area contributed by atoms with Gasteiger partial charge in [-0.05, 0) is 50.3 Å². The van der Waals surface area contributed by atoms with Gasteiger partial charge in [-0.2, -0.15) is 0 Å². The zero-order valence-corrected chi connectivity index (χ0v) is 13.7. The van der Waals surface area contributed by atoms with Crippen molar-refractivity contribution in [2.45, 2.75) is 51.6 Å². The number of hydrogen-bond donors (Lipinski definition) is 2. The number of nitrogens with one attached hydrogen (secondary N) is 1. The molecule has 2 aromatic rings. The molecule has 0 spiro atoms. The Hall–Kier alpha value is -2.37. The Morgan fingerprint density at radius 2 is 2.12 bits per heavy atom. The molecule has 6 nitrogen and oxygen atoms in total. The number of carbonyl (C=O) groups excluding carboxylic acids is 1. The molecule has 2 N–H and O–H groups in total. The molecule has 126 valence electrons. The number of carboxylic acid groups (broad SMARTS) is 1. The van der Waals surface area contributed by atoms with Crippen molar-refractivity contribution in [3.63, 3.8) is 0 Å². The Bertz CT molecular complexity index is 831. The van der Waals surface area contributed by atoms with Gasteiger partial charge in [0.15, 0.2) is 0 Å². The van der Waals surface area contributed by atoms with E-state index in [2.05, 4.69) is 20.9 Å². The van der Waals surface area contributed by atoms with Gasteiger partial charge >= 0.3 is 5.97 Å². The maximum atomic E-state index is 12.3. The highest BCUT2D eigenvalue weighted by Crippen LogP contribution is 2.49. The van der Waals surface area contributed by atoms with Crippen LogP contribution in [0, 0.1) is 12.3 Å². The van der Waals surface area contributed by atoms with Crippen LogP contribution in [-0.2, 0) is 16.1 Å². The first-order valence-electron chi connectivity index (χ1n) is 8.46. The van der Waals surface area contributed by atoms with E-state index in [9.17, 15) is 9.59 Å². The molecule has 0 saturated heterocycles. The molecule has 24 heavy (non-hydrogen) atoms. The summed E-state index contributed by atoms with van der Waals surface area (Å²) in [7, 11) is 0. The third-order valence-corrected chi connectivity index (χ3v) is 5.12. The van der Waals surface area contributed by atoms with E-state index in [1.54, 1.807) is 0 Å². The lowest BCUT2D eigenvalue weighted by Crippen LogP contribution is -2.33. The number of carboxylic acids is 1. The fourth-order valence-corrected chi connectivity index (χ4v) is 3.46. The van der Waals surface area contributed by atoms with Gasteiger partial charge in [-0.25, -0.2) is 4.98 Å². The van der Waals surface area contributed by atoms with Gasteiger partial charge in [-0.3, -0.25) is 9.59 Å². The second-order valence-corrected chi connectivity index (χ2v) is 7.12. The zero-order valence-electron chi connectivity index (χ0n) is 13.7. The van der Waals surface area contributed by atoms with Gasteiger partial charge < -0.3 is 15.0 Å². The number of carbonyl (C=O) groups is 2. The minimum Gasteiger partial charge on any atom is -0.481 e. The number of hydrogen-bond acceptors (Lipinski definition) is 3. The average molecular weight is 327 g/mol. The van der Waals surface area contributed by atoms with E-state index in [-0.39, 0.29) is 12.3 Å². The highest BCUT2D eigenvalue weighted by molar-refractivity contribution is 5.89. The standard InChI is InChI=1S/C18H21N3O3/c1-11-20-14-8-12(2-5-15(14)21(11)13-3-4-13)10-19-17(24)18(6-7-18)9-16(22)23/h2,5,8,13H,3-4,6-7,9-10H2,1H3,(H,19,24)(H,22,23). The second kappa shape index (κ2) is 5.33. The van der Waals surface area contributed by atoms with Crippen LogP contribution in [0.1, 0.15) is 49.5 Å². The van der Waals surface area contributed by atoms with E-state index in [4.69, 9.17) is 5.11 Å². The molecular formula is C18H21N3O3. The molecule has 1 amide bonds. The fraction of sp³-hybridized carbons (Fsp3) is 0.500. The molecule has 2 fully saturated rings. The third-order valence-electron chi connectivity index (χ3n) is 5.12. The van der Waals surface area contributed by atoms with Gasteiger partial charge in [0.25, 0.3) is 0 Å². The van der Waals surface area contributed by atoms with E-state index in [0.29, 0.717) is 25.4 Å². The van der Waals surface area contributed by atoms with Gasteiger partial charge in [0.2, 0.25) is 5.91 Å². The molecule has 2 aliphatic rings. The minimum atomic E-state index is -0.912.